The number of hydrogen-bond acceptors (Lipinski definition) is 6. The Hall–Kier alpha value is -4.38. The summed E-state index contributed by atoms with van der Waals surface area (Å²) in [7, 11) is -2.37. The maximum Gasteiger partial charge on any atom is 0.261 e. The van der Waals surface area contributed by atoms with Crippen molar-refractivity contribution in [3.63, 3.8) is 0 Å². The monoisotopic (exact) mass is 555 g/mol. The summed E-state index contributed by atoms with van der Waals surface area (Å²) in [5.74, 6) is -0.350. The first-order chi connectivity index (χ1) is 18.6. The van der Waals surface area contributed by atoms with Crippen LogP contribution in [-0.2, 0) is 26.2 Å². The second kappa shape index (κ2) is 13.4. The van der Waals surface area contributed by atoms with Crippen LogP contribution in [0.15, 0.2) is 90.3 Å². The second-order valence-electron chi connectivity index (χ2n) is 8.45. The van der Waals surface area contributed by atoms with E-state index in [1.54, 1.807) is 44.4 Å². The molecule has 3 aromatic rings. The summed E-state index contributed by atoms with van der Waals surface area (Å²) in [6, 6.07) is 16.7. The number of rotatable bonds is 13. The van der Waals surface area contributed by atoms with Gasteiger partial charge >= 0.3 is 0 Å². The average molecular weight is 556 g/mol. The van der Waals surface area contributed by atoms with Crippen molar-refractivity contribution in [1.29, 1.82) is 0 Å². The number of benzene rings is 3. The summed E-state index contributed by atoms with van der Waals surface area (Å²) in [6.45, 7) is 5.23. The van der Waals surface area contributed by atoms with Crippen molar-refractivity contribution in [3.05, 3.63) is 96.8 Å². The zero-order valence-electron chi connectivity index (χ0n) is 21.6. The molecule has 39 heavy (non-hydrogen) atoms. The van der Waals surface area contributed by atoms with Gasteiger partial charge in [0.25, 0.3) is 15.9 Å². The molecule has 0 fully saturated rings. The van der Waals surface area contributed by atoms with E-state index in [0.717, 1.165) is 17.7 Å². The fraction of sp³-hybridized carbons (Fsp3) is 0.214. The molecule has 0 unspecified atom stereocenters. The molecule has 0 aromatic heterocycles. The minimum atomic E-state index is -3.92. The molecular formula is C28H30FN3O6S. The number of hydrogen-bond donors (Lipinski definition) is 2. The third-order valence-electron chi connectivity index (χ3n) is 5.69. The first kappa shape index (κ1) is 29.2. The average Bonchev–Trinajstić information content (AvgIpc) is 2.94. The summed E-state index contributed by atoms with van der Waals surface area (Å²) >= 11 is 0. The summed E-state index contributed by atoms with van der Waals surface area (Å²) in [6.07, 6.45) is 1.54. The third kappa shape index (κ3) is 8.30. The van der Waals surface area contributed by atoms with Crippen LogP contribution in [-0.4, -0.2) is 51.4 Å². The highest BCUT2D eigenvalue weighted by Crippen LogP contribution is 2.20. The highest BCUT2D eigenvalue weighted by molar-refractivity contribution is 7.92. The van der Waals surface area contributed by atoms with Gasteiger partial charge < -0.3 is 19.7 Å². The fourth-order valence-corrected chi connectivity index (χ4v) is 4.56. The van der Waals surface area contributed by atoms with Gasteiger partial charge in [0, 0.05) is 18.8 Å². The molecule has 9 nitrogen and oxygen atoms in total. The number of carbonyl (C=O) groups excluding carboxylic acids is 2. The first-order valence-corrected chi connectivity index (χ1v) is 13.4. The van der Waals surface area contributed by atoms with E-state index < -0.39 is 27.8 Å². The van der Waals surface area contributed by atoms with Crippen molar-refractivity contribution < 1.29 is 31.9 Å². The van der Waals surface area contributed by atoms with Gasteiger partial charge in [-0.05, 0) is 73.2 Å². The van der Waals surface area contributed by atoms with Crippen LogP contribution in [0, 0.1) is 5.82 Å². The Morgan fingerprint density at radius 1 is 1.00 bits per heavy atom. The van der Waals surface area contributed by atoms with Gasteiger partial charge in [-0.3, -0.25) is 14.3 Å². The molecule has 0 heterocycles. The Balaban J connectivity index is 1.68. The maximum atomic E-state index is 13.2. The van der Waals surface area contributed by atoms with Crippen LogP contribution in [0.25, 0.3) is 0 Å². The van der Waals surface area contributed by atoms with Crippen LogP contribution in [0.1, 0.15) is 12.5 Å². The third-order valence-corrected chi connectivity index (χ3v) is 7.09. The van der Waals surface area contributed by atoms with Gasteiger partial charge in [0.15, 0.2) is 6.61 Å². The second-order valence-corrected chi connectivity index (χ2v) is 10.1. The van der Waals surface area contributed by atoms with Crippen molar-refractivity contribution in [2.24, 2.45) is 0 Å². The number of ether oxygens (including phenoxy) is 2. The van der Waals surface area contributed by atoms with E-state index in [4.69, 9.17) is 9.47 Å². The number of nitrogens with zero attached hydrogens (tertiary/aromatic N) is 1. The van der Waals surface area contributed by atoms with E-state index in [2.05, 4.69) is 16.6 Å². The minimum absolute atomic E-state index is 0.0425. The van der Waals surface area contributed by atoms with Gasteiger partial charge in [0.05, 0.1) is 12.0 Å². The minimum Gasteiger partial charge on any atom is -0.497 e. The lowest BCUT2D eigenvalue weighted by atomic mass is 10.1. The van der Waals surface area contributed by atoms with Crippen molar-refractivity contribution in [2.45, 2.75) is 24.4 Å². The molecule has 0 bridgehead atoms. The van der Waals surface area contributed by atoms with Gasteiger partial charge in [-0.15, -0.1) is 6.58 Å². The van der Waals surface area contributed by atoms with Gasteiger partial charge in [0.1, 0.15) is 23.4 Å². The van der Waals surface area contributed by atoms with Crippen LogP contribution in [0.5, 0.6) is 11.5 Å². The van der Waals surface area contributed by atoms with Gasteiger partial charge in [-0.1, -0.05) is 18.2 Å². The SMILES string of the molecule is C=CCNC(=O)[C@@H](C)N(Cc1ccc(OC)cc1)C(=O)COc1ccc(S(=O)(=O)Nc2ccc(F)cc2)cc1. The van der Waals surface area contributed by atoms with Crippen LogP contribution >= 0.6 is 0 Å². The molecule has 3 aromatic carbocycles. The number of halogens is 1. The Bertz CT molecular complexity index is 1380. The number of nitrogens with one attached hydrogen (secondary N) is 2. The lowest BCUT2D eigenvalue weighted by Gasteiger charge is -2.28. The number of carbonyl (C=O) groups is 2. The van der Waals surface area contributed by atoms with Crippen LogP contribution in [0.2, 0.25) is 0 Å². The molecule has 0 spiro atoms. The smallest absolute Gasteiger partial charge is 0.261 e. The molecule has 11 heteroatoms. The molecule has 0 aliphatic carbocycles. The molecular weight excluding hydrogens is 525 g/mol. The Morgan fingerprint density at radius 3 is 2.21 bits per heavy atom. The van der Waals surface area contributed by atoms with Gasteiger partial charge in [0.2, 0.25) is 5.91 Å². The standard InChI is InChI=1S/C28H30FN3O6S/c1-4-17-30-28(34)20(2)32(18-21-5-11-24(37-3)12-6-21)27(33)19-38-25-13-15-26(16-14-25)39(35,36)31-23-9-7-22(29)8-10-23/h4-16,20,31H,1,17-19H2,2-3H3,(H,30,34)/t20-/m1/s1. The zero-order chi connectivity index (χ0) is 28.4. The maximum absolute atomic E-state index is 13.2. The van der Waals surface area contributed by atoms with E-state index >= 15 is 0 Å². The summed E-state index contributed by atoms with van der Waals surface area (Å²) < 4.78 is 51.5. The normalized spacial score (nSPS) is 11.7. The van der Waals surface area contributed by atoms with Crippen molar-refractivity contribution in [2.75, 3.05) is 25.0 Å². The fourth-order valence-electron chi connectivity index (χ4n) is 3.51. The Kier molecular flexibility index (Phi) is 10.0. The molecule has 2 amide bonds. The number of amides is 2. The number of sulfonamides is 1. The molecule has 0 saturated carbocycles. The molecule has 206 valence electrons. The van der Waals surface area contributed by atoms with Crippen LogP contribution in [0.4, 0.5) is 10.1 Å². The predicted octanol–water partition coefficient (Wildman–Crippen LogP) is 3.73. The predicted molar refractivity (Wildman–Crippen MR) is 145 cm³/mol. The molecule has 0 aliphatic heterocycles. The van der Waals surface area contributed by atoms with E-state index in [-0.39, 0.29) is 41.9 Å². The highest BCUT2D eigenvalue weighted by atomic mass is 32.2. The van der Waals surface area contributed by atoms with E-state index in [9.17, 15) is 22.4 Å². The molecule has 0 radical (unpaired) electrons. The lowest BCUT2D eigenvalue weighted by Crippen LogP contribution is -2.49. The Morgan fingerprint density at radius 2 is 1.62 bits per heavy atom. The molecule has 0 aliphatic rings. The summed E-state index contributed by atoms with van der Waals surface area (Å²) in [5.41, 5.74) is 1.00. The molecule has 1 atom stereocenters. The highest BCUT2D eigenvalue weighted by Gasteiger charge is 2.26. The zero-order valence-corrected chi connectivity index (χ0v) is 22.4. The van der Waals surface area contributed by atoms with Gasteiger partial charge in [-0.2, -0.15) is 0 Å². The summed E-state index contributed by atoms with van der Waals surface area (Å²) in [5, 5.41) is 2.69. The topological polar surface area (TPSA) is 114 Å². The van der Waals surface area contributed by atoms with E-state index in [1.807, 2.05) is 0 Å². The van der Waals surface area contributed by atoms with E-state index in [1.165, 1.54) is 41.3 Å². The van der Waals surface area contributed by atoms with Crippen LogP contribution in [0.3, 0.4) is 0 Å². The lowest BCUT2D eigenvalue weighted by molar-refractivity contribution is -0.142. The first-order valence-electron chi connectivity index (χ1n) is 11.9. The quantitative estimate of drug-likeness (QED) is 0.311. The van der Waals surface area contributed by atoms with E-state index in [0.29, 0.717) is 5.75 Å². The van der Waals surface area contributed by atoms with Crippen molar-refractivity contribution >= 4 is 27.5 Å². The van der Waals surface area contributed by atoms with Crippen LogP contribution < -0.4 is 19.5 Å². The number of methoxy groups -OCH3 is 1. The van der Waals surface area contributed by atoms with Gasteiger partial charge in [-0.25, -0.2) is 12.8 Å². The van der Waals surface area contributed by atoms with Crippen molar-refractivity contribution in [1.82, 2.24) is 10.2 Å². The summed E-state index contributed by atoms with van der Waals surface area (Å²) in [4.78, 5) is 27.1. The molecule has 3 rings (SSSR count). The Labute approximate surface area is 227 Å². The number of anilines is 1. The molecule has 2 N–H and O–H groups in total. The largest absolute Gasteiger partial charge is 0.497 e. The molecule has 0 saturated heterocycles. The van der Waals surface area contributed by atoms with Crippen molar-refractivity contribution in [3.8, 4) is 11.5 Å².